The number of carbonyl (C=O) groups is 2. The standard InChI is InChI=1S/C31H30N2O7/c1-4-14-39-22-12-11-20(15-24(22)38-5-2)27-26(29(35)31(36)33(27)18-19-8-7-13-32-17-19)28(34)25-16-21-9-6-10-23(37-3)30(21)40-25/h6-13,15-17,27,35H,4-5,14,18H2,1-3H3. The first-order valence-corrected chi connectivity index (χ1v) is 13.1. The second kappa shape index (κ2) is 11.5. The molecule has 1 N–H and O–H groups in total. The van der Waals surface area contributed by atoms with Crippen LogP contribution in [0.3, 0.4) is 0 Å². The van der Waals surface area contributed by atoms with Crippen LogP contribution in [0.5, 0.6) is 17.2 Å². The molecular formula is C31H30N2O7. The highest BCUT2D eigenvalue weighted by atomic mass is 16.5. The van der Waals surface area contributed by atoms with E-state index in [9.17, 15) is 14.7 Å². The van der Waals surface area contributed by atoms with Crippen LogP contribution in [0.2, 0.25) is 0 Å². The zero-order valence-corrected chi connectivity index (χ0v) is 22.5. The number of ether oxygens (including phenoxy) is 3. The topological polar surface area (TPSA) is 111 Å². The first-order chi connectivity index (χ1) is 19.5. The fraction of sp³-hybridized carbons (Fsp3) is 0.258. The van der Waals surface area contributed by atoms with Gasteiger partial charge < -0.3 is 28.6 Å². The summed E-state index contributed by atoms with van der Waals surface area (Å²) >= 11 is 0. The summed E-state index contributed by atoms with van der Waals surface area (Å²) in [5.41, 5.74) is 1.63. The molecule has 4 aromatic rings. The van der Waals surface area contributed by atoms with E-state index < -0.39 is 23.5 Å². The number of hydrogen-bond donors (Lipinski definition) is 1. The summed E-state index contributed by atoms with van der Waals surface area (Å²) in [5, 5.41) is 11.8. The zero-order chi connectivity index (χ0) is 28.2. The molecule has 1 amide bonds. The summed E-state index contributed by atoms with van der Waals surface area (Å²) in [4.78, 5) is 33.0. The van der Waals surface area contributed by atoms with Crippen molar-refractivity contribution in [3.63, 3.8) is 0 Å². The van der Waals surface area contributed by atoms with Gasteiger partial charge in [0.15, 0.2) is 34.4 Å². The lowest BCUT2D eigenvalue weighted by Crippen LogP contribution is -2.30. The Morgan fingerprint density at radius 2 is 1.90 bits per heavy atom. The van der Waals surface area contributed by atoms with Gasteiger partial charge in [-0.25, -0.2) is 0 Å². The highest BCUT2D eigenvalue weighted by Crippen LogP contribution is 2.43. The van der Waals surface area contributed by atoms with Gasteiger partial charge in [0.1, 0.15) is 0 Å². The molecule has 0 saturated heterocycles. The number of methoxy groups -OCH3 is 1. The molecule has 40 heavy (non-hydrogen) atoms. The van der Waals surface area contributed by atoms with E-state index in [2.05, 4.69) is 4.98 Å². The molecule has 0 saturated carbocycles. The number of carbonyl (C=O) groups excluding carboxylic acids is 2. The van der Waals surface area contributed by atoms with Gasteiger partial charge in [0, 0.05) is 24.3 Å². The Hall–Kier alpha value is -4.79. The number of ketones is 1. The van der Waals surface area contributed by atoms with E-state index in [1.54, 1.807) is 60.9 Å². The average Bonchev–Trinajstić information content (AvgIpc) is 3.52. The quantitative estimate of drug-likeness (QED) is 0.237. The number of furan rings is 1. The van der Waals surface area contributed by atoms with Gasteiger partial charge >= 0.3 is 0 Å². The summed E-state index contributed by atoms with van der Waals surface area (Å²) in [6, 6.07) is 14.8. The van der Waals surface area contributed by atoms with Crippen LogP contribution in [0, 0.1) is 0 Å². The molecule has 1 aliphatic heterocycles. The minimum atomic E-state index is -0.922. The largest absolute Gasteiger partial charge is 0.503 e. The van der Waals surface area contributed by atoms with Crippen molar-refractivity contribution >= 4 is 22.7 Å². The molecule has 3 heterocycles. The van der Waals surface area contributed by atoms with Gasteiger partial charge in [-0.2, -0.15) is 0 Å². The van der Waals surface area contributed by atoms with Crippen LogP contribution in [-0.2, 0) is 11.3 Å². The second-order valence-electron chi connectivity index (χ2n) is 9.27. The number of benzene rings is 2. The van der Waals surface area contributed by atoms with Crippen molar-refractivity contribution in [3.05, 3.63) is 95.2 Å². The van der Waals surface area contributed by atoms with E-state index in [-0.39, 0.29) is 17.9 Å². The van der Waals surface area contributed by atoms with Crippen molar-refractivity contribution in [2.24, 2.45) is 0 Å². The summed E-state index contributed by atoms with van der Waals surface area (Å²) in [7, 11) is 1.51. The number of para-hydroxylation sites is 1. The van der Waals surface area contributed by atoms with E-state index in [0.29, 0.717) is 47.0 Å². The van der Waals surface area contributed by atoms with Crippen molar-refractivity contribution in [2.45, 2.75) is 32.9 Å². The molecule has 2 aromatic carbocycles. The summed E-state index contributed by atoms with van der Waals surface area (Å²) in [6.45, 7) is 4.89. The predicted molar refractivity (Wildman–Crippen MR) is 148 cm³/mol. The van der Waals surface area contributed by atoms with E-state index in [1.165, 1.54) is 12.0 Å². The van der Waals surface area contributed by atoms with E-state index in [4.69, 9.17) is 18.6 Å². The summed E-state index contributed by atoms with van der Waals surface area (Å²) in [5.74, 6) is -0.418. The zero-order valence-electron chi connectivity index (χ0n) is 22.5. The van der Waals surface area contributed by atoms with Gasteiger partial charge in [-0.1, -0.05) is 31.2 Å². The monoisotopic (exact) mass is 542 g/mol. The number of rotatable bonds is 11. The van der Waals surface area contributed by atoms with Crippen LogP contribution in [-0.4, -0.2) is 47.0 Å². The van der Waals surface area contributed by atoms with Crippen LogP contribution in [0.25, 0.3) is 11.0 Å². The lowest BCUT2D eigenvalue weighted by atomic mass is 9.94. The SMILES string of the molecule is CCCOc1ccc(C2C(C(=O)c3cc4cccc(OC)c4o3)=C(O)C(=O)N2Cc2cccnc2)cc1OCC. The first kappa shape index (κ1) is 26.8. The fourth-order valence-electron chi connectivity index (χ4n) is 4.82. The summed E-state index contributed by atoms with van der Waals surface area (Å²) < 4.78 is 23.0. The molecule has 2 aromatic heterocycles. The second-order valence-corrected chi connectivity index (χ2v) is 9.27. The molecule has 206 valence electrons. The Labute approximate surface area is 231 Å². The molecular weight excluding hydrogens is 512 g/mol. The minimum Gasteiger partial charge on any atom is -0.503 e. The van der Waals surface area contributed by atoms with Crippen molar-refractivity contribution in [1.29, 1.82) is 0 Å². The minimum absolute atomic E-state index is 0.0185. The molecule has 0 radical (unpaired) electrons. The van der Waals surface area contributed by atoms with Crippen molar-refractivity contribution in [1.82, 2.24) is 9.88 Å². The molecule has 5 rings (SSSR count). The van der Waals surface area contributed by atoms with Gasteiger partial charge in [-0.3, -0.25) is 14.6 Å². The lowest BCUT2D eigenvalue weighted by molar-refractivity contribution is -0.130. The number of amides is 1. The van der Waals surface area contributed by atoms with Crippen LogP contribution in [0.15, 0.2) is 82.7 Å². The van der Waals surface area contributed by atoms with Gasteiger partial charge in [-0.15, -0.1) is 0 Å². The van der Waals surface area contributed by atoms with Gasteiger partial charge in [0.05, 0.1) is 31.9 Å². The highest BCUT2D eigenvalue weighted by molar-refractivity contribution is 6.16. The Bertz CT molecular complexity index is 1580. The maximum Gasteiger partial charge on any atom is 0.290 e. The highest BCUT2D eigenvalue weighted by Gasteiger charge is 2.45. The number of fused-ring (bicyclic) bond motifs is 1. The normalized spacial score (nSPS) is 15.1. The molecule has 0 fully saturated rings. The van der Waals surface area contributed by atoms with Crippen LogP contribution >= 0.6 is 0 Å². The van der Waals surface area contributed by atoms with Crippen molar-refractivity contribution in [2.75, 3.05) is 20.3 Å². The Kier molecular flexibility index (Phi) is 7.72. The van der Waals surface area contributed by atoms with Crippen LogP contribution in [0.1, 0.15) is 48.0 Å². The fourth-order valence-corrected chi connectivity index (χ4v) is 4.82. The van der Waals surface area contributed by atoms with E-state index in [0.717, 1.165) is 12.0 Å². The number of aromatic nitrogens is 1. The van der Waals surface area contributed by atoms with Gasteiger partial charge in [0.25, 0.3) is 5.91 Å². The summed E-state index contributed by atoms with van der Waals surface area (Å²) in [6.07, 6.45) is 4.09. The van der Waals surface area contributed by atoms with Crippen molar-refractivity contribution in [3.8, 4) is 17.2 Å². The number of aliphatic hydroxyl groups is 1. The van der Waals surface area contributed by atoms with Gasteiger partial charge in [0.2, 0.25) is 5.78 Å². The number of hydrogen-bond acceptors (Lipinski definition) is 8. The van der Waals surface area contributed by atoms with Crippen molar-refractivity contribution < 1.29 is 33.3 Å². The number of Topliss-reactive ketones (excluding diaryl/α,β-unsaturated/α-hetero) is 1. The molecule has 9 nitrogen and oxygen atoms in total. The smallest absolute Gasteiger partial charge is 0.290 e. The third kappa shape index (κ3) is 4.98. The molecule has 9 heteroatoms. The van der Waals surface area contributed by atoms with Gasteiger partial charge in [-0.05, 0) is 54.8 Å². The molecule has 1 aliphatic rings. The number of pyridine rings is 1. The molecule has 0 spiro atoms. The third-order valence-electron chi connectivity index (χ3n) is 6.62. The predicted octanol–water partition coefficient (Wildman–Crippen LogP) is 5.80. The Balaban J connectivity index is 1.61. The van der Waals surface area contributed by atoms with Crippen LogP contribution in [0.4, 0.5) is 0 Å². The number of nitrogens with zero attached hydrogens (tertiary/aromatic N) is 2. The molecule has 1 atom stereocenters. The molecule has 1 unspecified atom stereocenters. The first-order valence-electron chi connectivity index (χ1n) is 13.1. The maximum atomic E-state index is 14.0. The van der Waals surface area contributed by atoms with E-state index >= 15 is 0 Å². The molecule has 0 aliphatic carbocycles. The average molecular weight is 543 g/mol. The number of aliphatic hydroxyl groups excluding tert-OH is 1. The van der Waals surface area contributed by atoms with E-state index in [1.807, 2.05) is 19.9 Å². The Morgan fingerprint density at radius 1 is 1.05 bits per heavy atom. The maximum absolute atomic E-state index is 14.0. The lowest BCUT2D eigenvalue weighted by Gasteiger charge is -2.27. The third-order valence-corrected chi connectivity index (χ3v) is 6.62. The van der Waals surface area contributed by atoms with Crippen LogP contribution < -0.4 is 14.2 Å². The Morgan fingerprint density at radius 3 is 2.62 bits per heavy atom. The molecule has 0 bridgehead atoms.